The van der Waals surface area contributed by atoms with Crippen LogP contribution in [0, 0.1) is 5.92 Å². The highest BCUT2D eigenvalue weighted by Crippen LogP contribution is 2.27. The highest BCUT2D eigenvalue weighted by Gasteiger charge is 2.19. The van der Waals surface area contributed by atoms with Crippen LogP contribution in [0.1, 0.15) is 52.2 Å². The molecule has 1 aliphatic heterocycles. The molecule has 0 bridgehead atoms. The Bertz CT molecular complexity index is 451. The fraction of sp³-hybridized carbons (Fsp3) is 0.700. The van der Waals surface area contributed by atoms with Gasteiger partial charge in [-0.1, -0.05) is 52.0 Å². The minimum absolute atomic E-state index is 0.286. The van der Waals surface area contributed by atoms with Crippen LogP contribution in [0.3, 0.4) is 0 Å². The minimum Gasteiger partial charge on any atom is -0.376 e. The Morgan fingerprint density at radius 1 is 1.27 bits per heavy atom. The molecule has 1 unspecified atom stereocenters. The zero-order valence-electron chi connectivity index (χ0n) is 15.1. The van der Waals surface area contributed by atoms with Crippen molar-refractivity contribution in [1.29, 1.82) is 0 Å². The van der Waals surface area contributed by atoms with E-state index in [0.29, 0.717) is 12.0 Å². The number of hydrogen-bond acceptors (Lipinski definition) is 2. The van der Waals surface area contributed by atoms with Crippen molar-refractivity contribution in [3.8, 4) is 0 Å². The van der Waals surface area contributed by atoms with Crippen LogP contribution in [0.2, 0.25) is 0 Å². The van der Waals surface area contributed by atoms with E-state index in [1.165, 1.54) is 30.5 Å². The van der Waals surface area contributed by atoms with E-state index >= 15 is 0 Å². The quantitative estimate of drug-likeness (QED) is 0.778. The maximum absolute atomic E-state index is 5.62. The standard InChI is InChI=1S/C20H33NO/c1-6-20(4,5)19-9-7-18(8-10-19)13-16(2)14-21-11-12-22-17(3)15-21/h7-10,16-17H,6,11-15H2,1-5H3/t16?,17-/m0/s1. The van der Waals surface area contributed by atoms with Gasteiger partial charge in [0.05, 0.1) is 12.7 Å². The zero-order chi connectivity index (χ0) is 16.2. The Morgan fingerprint density at radius 2 is 1.95 bits per heavy atom. The maximum Gasteiger partial charge on any atom is 0.0674 e. The number of morpholine rings is 1. The lowest BCUT2D eigenvalue weighted by molar-refractivity contribution is -0.0222. The summed E-state index contributed by atoms with van der Waals surface area (Å²) < 4.78 is 5.62. The summed E-state index contributed by atoms with van der Waals surface area (Å²) >= 11 is 0. The summed E-state index contributed by atoms with van der Waals surface area (Å²) in [5.74, 6) is 0.690. The van der Waals surface area contributed by atoms with Gasteiger partial charge in [0.1, 0.15) is 0 Å². The van der Waals surface area contributed by atoms with E-state index in [2.05, 4.69) is 63.8 Å². The summed E-state index contributed by atoms with van der Waals surface area (Å²) in [6.07, 6.45) is 2.73. The van der Waals surface area contributed by atoms with Crippen molar-refractivity contribution < 1.29 is 4.74 Å². The van der Waals surface area contributed by atoms with Crippen LogP contribution in [0.15, 0.2) is 24.3 Å². The van der Waals surface area contributed by atoms with Crippen LogP contribution >= 0.6 is 0 Å². The molecule has 0 radical (unpaired) electrons. The van der Waals surface area contributed by atoms with E-state index in [-0.39, 0.29) is 5.41 Å². The van der Waals surface area contributed by atoms with Crippen LogP contribution in [0.4, 0.5) is 0 Å². The molecular weight excluding hydrogens is 270 g/mol. The van der Waals surface area contributed by atoms with Crippen LogP contribution in [-0.2, 0) is 16.6 Å². The first-order valence-corrected chi connectivity index (χ1v) is 8.84. The van der Waals surface area contributed by atoms with Gasteiger partial charge in [-0.2, -0.15) is 0 Å². The lowest BCUT2D eigenvalue weighted by Gasteiger charge is -2.33. The van der Waals surface area contributed by atoms with E-state index in [9.17, 15) is 0 Å². The second kappa shape index (κ2) is 7.61. The van der Waals surface area contributed by atoms with Gasteiger partial charge in [0.25, 0.3) is 0 Å². The third kappa shape index (κ3) is 4.82. The van der Waals surface area contributed by atoms with E-state index in [1.54, 1.807) is 0 Å². The van der Waals surface area contributed by atoms with Crippen LogP contribution in [0.25, 0.3) is 0 Å². The topological polar surface area (TPSA) is 12.5 Å². The van der Waals surface area contributed by atoms with Gasteiger partial charge in [0, 0.05) is 19.6 Å². The molecule has 1 fully saturated rings. The van der Waals surface area contributed by atoms with Crippen molar-refractivity contribution >= 4 is 0 Å². The predicted molar refractivity (Wildman–Crippen MR) is 94.5 cm³/mol. The molecule has 2 heteroatoms. The molecule has 124 valence electrons. The molecule has 2 nitrogen and oxygen atoms in total. The molecule has 0 amide bonds. The van der Waals surface area contributed by atoms with Gasteiger partial charge < -0.3 is 4.74 Å². The maximum atomic E-state index is 5.62. The molecule has 22 heavy (non-hydrogen) atoms. The molecule has 0 saturated carbocycles. The third-order valence-corrected chi connectivity index (χ3v) is 5.10. The number of nitrogens with zero attached hydrogens (tertiary/aromatic N) is 1. The van der Waals surface area contributed by atoms with Gasteiger partial charge in [0.15, 0.2) is 0 Å². The van der Waals surface area contributed by atoms with Gasteiger partial charge in [-0.3, -0.25) is 4.90 Å². The summed E-state index contributed by atoms with van der Waals surface area (Å²) in [5, 5.41) is 0. The molecule has 1 aromatic rings. The zero-order valence-corrected chi connectivity index (χ0v) is 15.1. The van der Waals surface area contributed by atoms with E-state index in [0.717, 1.165) is 19.7 Å². The average molecular weight is 303 g/mol. The van der Waals surface area contributed by atoms with Crippen molar-refractivity contribution in [1.82, 2.24) is 4.90 Å². The number of benzene rings is 1. The molecular formula is C20H33NO. The molecule has 1 aliphatic rings. The highest BCUT2D eigenvalue weighted by atomic mass is 16.5. The normalized spacial score (nSPS) is 21.8. The fourth-order valence-corrected chi connectivity index (χ4v) is 3.26. The van der Waals surface area contributed by atoms with Gasteiger partial charge >= 0.3 is 0 Å². The van der Waals surface area contributed by atoms with Crippen molar-refractivity contribution in [2.75, 3.05) is 26.2 Å². The van der Waals surface area contributed by atoms with Gasteiger partial charge in [0.2, 0.25) is 0 Å². The highest BCUT2D eigenvalue weighted by molar-refractivity contribution is 5.28. The summed E-state index contributed by atoms with van der Waals surface area (Å²) in [7, 11) is 0. The third-order valence-electron chi connectivity index (χ3n) is 5.10. The first-order chi connectivity index (χ1) is 10.4. The lowest BCUT2D eigenvalue weighted by Crippen LogP contribution is -2.43. The Kier molecular flexibility index (Phi) is 6.05. The molecule has 1 heterocycles. The summed E-state index contributed by atoms with van der Waals surface area (Å²) in [6.45, 7) is 15.7. The summed E-state index contributed by atoms with van der Waals surface area (Å²) in [6, 6.07) is 9.29. The van der Waals surface area contributed by atoms with Crippen molar-refractivity contribution in [3.05, 3.63) is 35.4 Å². The minimum atomic E-state index is 0.286. The molecule has 2 rings (SSSR count). The van der Waals surface area contributed by atoms with E-state index < -0.39 is 0 Å². The van der Waals surface area contributed by atoms with E-state index in [4.69, 9.17) is 4.74 Å². The fourth-order valence-electron chi connectivity index (χ4n) is 3.26. The second-order valence-electron chi connectivity index (χ2n) is 7.68. The first kappa shape index (κ1) is 17.5. The van der Waals surface area contributed by atoms with E-state index in [1.807, 2.05) is 0 Å². The molecule has 0 N–H and O–H groups in total. The average Bonchev–Trinajstić information content (AvgIpc) is 2.47. The SMILES string of the molecule is CCC(C)(C)c1ccc(CC(C)CN2CCO[C@@H](C)C2)cc1. The number of hydrogen-bond donors (Lipinski definition) is 0. The van der Waals surface area contributed by atoms with Crippen molar-refractivity contribution in [3.63, 3.8) is 0 Å². The Hall–Kier alpha value is -0.860. The number of ether oxygens (including phenoxy) is 1. The summed E-state index contributed by atoms with van der Waals surface area (Å²) in [4.78, 5) is 2.55. The Labute approximate surface area is 136 Å². The molecule has 0 spiro atoms. The molecule has 1 saturated heterocycles. The predicted octanol–water partition coefficient (Wildman–Crippen LogP) is 4.27. The molecule has 2 atom stereocenters. The smallest absolute Gasteiger partial charge is 0.0674 e. The second-order valence-corrected chi connectivity index (χ2v) is 7.68. The van der Waals surface area contributed by atoms with Crippen LogP contribution < -0.4 is 0 Å². The molecule has 0 aromatic heterocycles. The van der Waals surface area contributed by atoms with Crippen LogP contribution in [-0.4, -0.2) is 37.2 Å². The van der Waals surface area contributed by atoms with Gasteiger partial charge in [-0.05, 0) is 42.2 Å². The van der Waals surface area contributed by atoms with Gasteiger partial charge in [-0.15, -0.1) is 0 Å². The Morgan fingerprint density at radius 3 is 2.55 bits per heavy atom. The monoisotopic (exact) mass is 303 g/mol. The Balaban J connectivity index is 1.87. The van der Waals surface area contributed by atoms with Crippen molar-refractivity contribution in [2.24, 2.45) is 5.92 Å². The summed E-state index contributed by atoms with van der Waals surface area (Å²) in [5.41, 5.74) is 3.20. The molecule has 1 aromatic carbocycles. The van der Waals surface area contributed by atoms with Gasteiger partial charge in [-0.25, -0.2) is 0 Å². The largest absolute Gasteiger partial charge is 0.376 e. The lowest BCUT2D eigenvalue weighted by atomic mass is 9.82. The number of rotatable bonds is 6. The molecule has 0 aliphatic carbocycles. The van der Waals surface area contributed by atoms with Crippen molar-refractivity contribution in [2.45, 2.75) is 59.0 Å². The van der Waals surface area contributed by atoms with Crippen LogP contribution in [0.5, 0.6) is 0 Å². The first-order valence-electron chi connectivity index (χ1n) is 8.84.